The van der Waals surface area contributed by atoms with Gasteiger partial charge in [-0.3, -0.25) is 4.72 Å². The first-order valence-electron chi connectivity index (χ1n) is 10.2. The van der Waals surface area contributed by atoms with E-state index in [1.165, 1.54) is 22.2 Å². The van der Waals surface area contributed by atoms with Crippen molar-refractivity contribution in [1.82, 2.24) is 10.3 Å². The summed E-state index contributed by atoms with van der Waals surface area (Å²) in [5, 5.41) is 8.60. The van der Waals surface area contributed by atoms with Gasteiger partial charge in [0.2, 0.25) is 0 Å². The van der Waals surface area contributed by atoms with E-state index in [4.69, 9.17) is 23.2 Å². The Morgan fingerprint density at radius 1 is 1.21 bits per heavy atom. The first-order chi connectivity index (χ1) is 15.8. The Bertz CT molecular complexity index is 1250. The molecule has 0 bridgehead atoms. The number of nitrogens with zero attached hydrogens (tertiary/aromatic N) is 2. The van der Waals surface area contributed by atoms with E-state index in [-0.39, 0.29) is 28.9 Å². The Morgan fingerprint density at radius 3 is 2.71 bits per heavy atom. The second kappa shape index (κ2) is 11.3. The van der Waals surface area contributed by atoms with E-state index in [0.29, 0.717) is 16.8 Å². The number of sulfonamides is 1. The van der Waals surface area contributed by atoms with Gasteiger partial charge < -0.3 is 15.5 Å². The first kappa shape index (κ1) is 26.8. The molecule has 1 atom stereocenters. The summed E-state index contributed by atoms with van der Waals surface area (Å²) < 4.78 is 42.4. The van der Waals surface area contributed by atoms with E-state index in [1.54, 1.807) is 12.1 Å². The zero-order valence-electron chi connectivity index (χ0n) is 18.0. The van der Waals surface area contributed by atoms with Crippen LogP contribution in [0.15, 0.2) is 46.1 Å². The number of hydrogen-bond acceptors (Lipinski definition) is 7. The maximum atomic E-state index is 14.9. The van der Waals surface area contributed by atoms with E-state index in [1.807, 2.05) is 13.1 Å². The Balaban J connectivity index is 0.00000324. The topological polar surface area (TPSA) is 86.4 Å². The summed E-state index contributed by atoms with van der Waals surface area (Å²) in [6.07, 6.45) is 2.10. The largest absolute Gasteiger partial charge is 0.368 e. The van der Waals surface area contributed by atoms with Gasteiger partial charge in [-0.2, -0.15) is 0 Å². The first-order valence-corrected chi connectivity index (χ1v) is 13.3. The lowest BCUT2D eigenvalue weighted by Crippen LogP contribution is -2.44. The van der Waals surface area contributed by atoms with E-state index in [9.17, 15) is 12.8 Å². The van der Waals surface area contributed by atoms with Crippen LogP contribution in [0.3, 0.4) is 0 Å². The molecular formula is C21H23Cl3FN5O2S2. The molecule has 1 aliphatic rings. The molecule has 0 aliphatic carbocycles. The Kier molecular flexibility index (Phi) is 8.88. The molecule has 0 saturated carbocycles. The molecule has 0 amide bonds. The van der Waals surface area contributed by atoms with Crippen molar-refractivity contribution in [3.8, 4) is 0 Å². The van der Waals surface area contributed by atoms with Gasteiger partial charge in [0.15, 0.2) is 5.82 Å². The van der Waals surface area contributed by atoms with Gasteiger partial charge in [0.05, 0.1) is 27.6 Å². The third-order valence-corrected chi connectivity index (χ3v) is 7.89. The number of hydrogen-bond donors (Lipinski definition) is 3. The summed E-state index contributed by atoms with van der Waals surface area (Å²) in [4.78, 5) is 5.51. The number of aromatic nitrogens is 1. The number of piperidine rings is 1. The van der Waals surface area contributed by atoms with Crippen LogP contribution in [0.5, 0.6) is 0 Å². The second-order valence-electron chi connectivity index (χ2n) is 7.60. The van der Waals surface area contributed by atoms with Crippen LogP contribution in [0.2, 0.25) is 10.0 Å². The molecule has 1 aromatic heterocycles. The Morgan fingerprint density at radius 2 is 2.00 bits per heavy atom. The Labute approximate surface area is 218 Å². The van der Waals surface area contributed by atoms with E-state index in [2.05, 4.69) is 25.2 Å². The quantitative estimate of drug-likeness (QED) is 0.338. The molecule has 3 N–H and O–H groups in total. The molecule has 7 nitrogen and oxygen atoms in total. The van der Waals surface area contributed by atoms with E-state index in [0.717, 1.165) is 43.8 Å². The highest BCUT2D eigenvalue weighted by Gasteiger charge is 2.24. The number of anilines is 4. The van der Waals surface area contributed by atoms with Crippen LogP contribution in [-0.4, -0.2) is 39.6 Å². The highest BCUT2D eigenvalue weighted by molar-refractivity contribution is 7.92. The number of halogens is 4. The van der Waals surface area contributed by atoms with Gasteiger partial charge >= 0.3 is 0 Å². The van der Waals surface area contributed by atoms with Crippen LogP contribution in [0.1, 0.15) is 12.8 Å². The molecule has 184 valence electrons. The molecule has 2 aromatic carbocycles. The summed E-state index contributed by atoms with van der Waals surface area (Å²) in [6, 6.07) is 7.88. The summed E-state index contributed by atoms with van der Waals surface area (Å²) in [5.74, 6) is -0.821. The van der Waals surface area contributed by atoms with Gasteiger partial charge in [0.1, 0.15) is 10.7 Å². The molecular weight excluding hydrogens is 544 g/mol. The monoisotopic (exact) mass is 565 g/mol. The van der Waals surface area contributed by atoms with Crippen LogP contribution in [0.25, 0.3) is 0 Å². The fourth-order valence-corrected chi connectivity index (χ4v) is 5.82. The predicted octanol–water partition coefficient (Wildman–Crippen LogP) is 5.74. The normalized spacial score (nSPS) is 16.1. The van der Waals surface area contributed by atoms with Crippen molar-refractivity contribution < 1.29 is 12.8 Å². The van der Waals surface area contributed by atoms with Gasteiger partial charge in [0.25, 0.3) is 10.0 Å². The fourth-order valence-electron chi connectivity index (χ4n) is 3.73. The molecule has 1 aliphatic heterocycles. The SMILES string of the molecule is CNC1CCCN(c2cc(Cl)ccc2Nc2cc(F)c(S(=O)(=O)Nc3cscn3)cc2Cl)C1.Cl. The van der Waals surface area contributed by atoms with Crippen LogP contribution in [-0.2, 0) is 10.0 Å². The van der Waals surface area contributed by atoms with Crippen LogP contribution >= 0.6 is 46.9 Å². The number of benzene rings is 2. The summed E-state index contributed by atoms with van der Waals surface area (Å²) >= 11 is 13.8. The number of rotatable bonds is 7. The molecule has 1 unspecified atom stereocenters. The zero-order valence-corrected chi connectivity index (χ0v) is 22.0. The van der Waals surface area contributed by atoms with Gasteiger partial charge in [-0.15, -0.1) is 23.7 Å². The van der Waals surface area contributed by atoms with E-state index >= 15 is 0 Å². The lowest BCUT2D eigenvalue weighted by atomic mass is 10.0. The molecule has 1 saturated heterocycles. The number of thiazole rings is 1. The molecule has 1 fully saturated rings. The summed E-state index contributed by atoms with van der Waals surface area (Å²) in [5.41, 5.74) is 3.26. The minimum absolute atomic E-state index is 0. The highest BCUT2D eigenvalue weighted by atomic mass is 35.5. The fraction of sp³-hybridized carbons (Fsp3) is 0.286. The molecule has 0 radical (unpaired) electrons. The average molecular weight is 567 g/mol. The highest BCUT2D eigenvalue weighted by Crippen LogP contribution is 2.37. The third-order valence-electron chi connectivity index (χ3n) is 5.38. The molecule has 0 spiro atoms. The van der Waals surface area contributed by atoms with Gasteiger partial charge in [-0.25, -0.2) is 17.8 Å². The maximum absolute atomic E-state index is 14.9. The smallest absolute Gasteiger partial charge is 0.266 e. The van der Waals surface area contributed by atoms with Crippen molar-refractivity contribution in [2.75, 3.05) is 35.1 Å². The lowest BCUT2D eigenvalue weighted by molar-refractivity contribution is 0.450. The number of nitrogens with one attached hydrogen (secondary N) is 3. The molecule has 3 aromatic rings. The zero-order chi connectivity index (χ0) is 23.6. The minimum atomic E-state index is -4.19. The third kappa shape index (κ3) is 6.05. The lowest BCUT2D eigenvalue weighted by Gasteiger charge is -2.35. The van der Waals surface area contributed by atoms with Gasteiger partial charge in [-0.05, 0) is 44.2 Å². The van der Waals surface area contributed by atoms with Gasteiger partial charge in [-0.1, -0.05) is 23.2 Å². The minimum Gasteiger partial charge on any atom is -0.368 e. The van der Waals surface area contributed by atoms with Crippen LogP contribution in [0.4, 0.5) is 27.3 Å². The standard InChI is InChI=1S/C21H22Cl2FN5O2S2.ClH/c1-25-14-3-2-6-29(10-14)19-7-13(22)4-5-17(19)27-18-9-16(24)20(8-15(18)23)33(30,31)28-21-11-32-12-26-21;/h4-5,7-9,11-12,14,25,27-28H,2-3,6,10H2,1H3;1H. The molecule has 4 rings (SSSR count). The van der Waals surface area contributed by atoms with Crippen molar-refractivity contribution in [3.63, 3.8) is 0 Å². The van der Waals surface area contributed by atoms with Crippen LogP contribution in [0, 0.1) is 5.82 Å². The molecule has 13 heteroatoms. The predicted molar refractivity (Wildman–Crippen MR) is 141 cm³/mol. The molecule has 34 heavy (non-hydrogen) atoms. The average Bonchev–Trinajstić information content (AvgIpc) is 3.29. The van der Waals surface area contributed by atoms with E-state index < -0.39 is 20.7 Å². The van der Waals surface area contributed by atoms with Crippen LogP contribution < -0.4 is 20.3 Å². The number of likely N-dealkylation sites (N-methyl/N-ethyl adjacent to an activating group) is 1. The molecule has 2 heterocycles. The second-order valence-corrected chi connectivity index (χ2v) is 10.8. The van der Waals surface area contributed by atoms with Crippen molar-refractivity contribution in [2.45, 2.75) is 23.8 Å². The summed E-state index contributed by atoms with van der Waals surface area (Å²) in [7, 11) is -2.25. The summed E-state index contributed by atoms with van der Waals surface area (Å²) in [6.45, 7) is 1.65. The van der Waals surface area contributed by atoms with Crippen molar-refractivity contribution in [2.24, 2.45) is 0 Å². The Hall–Kier alpha value is -1.82. The van der Waals surface area contributed by atoms with Gasteiger partial charge in [0, 0.05) is 35.6 Å². The van der Waals surface area contributed by atoms with Crippen molar-refractivity contribution >= 4 is 79.8 Å². The van der Waals surface area contributed by atoms with Crippen molar-refractivity contribution in [3.05, 3.63) is 57.1 Å². The van der Waals surface area contributed by atoms with Crippen molar-refractivity contribution in [1.29, 1.82) is 0 Å². The maximum Gasteiger partial charge on any atom is 0.266 e.